The van der Waals surface area contributed by atoms with Crippen molar-refractivity contribution in [1.82, 2.24) is 0 Å². The van der Waals surface area contributed by atoms with E-state index in [1.54, 1.807) is 24.3 Å². The van der Waals surface area contributed by atoms with Gasteiger partial charge in [-0.15, -0.1) is 0 Å². The summed E-state index contributed by atoms with van der Waals surface area (Å²) in [5.41, 5.74) is -0.545. The van der Waals surface area contributed by atoms with Crippen LogP contribution in [0.1, 0.15) is 13.8 Å². The van der Waals surface area contributed by atoms with Crippen molar-refractivity contribution in [1.29, 1.82) is 0 Å². The largest absolute Gasteiger partial charge is 0.478 e. The molecule has 0 aliphatic heterocycles. The molecular formula is C16H14F2O3. The SMILES string of the molecule is CC(C)(Oc1ccc(-c2ccc(F)cc2F)cc1)C(=O)O. The van der Waals surface area contributed by atoms with Crippen molar-refractivity contribution in [2.75, 3.05) is 0 Å². The van der Waals surface area contributed by atoms with Crippen LogP contribution < -0.4 is 4.74 Å². The molecule has 0 atom stereocenters. The van der Waals surface area contributed by atoms with Gasteiger partial charge in [-0.25, -0.2) is 13.6 Å². The highest BCUT2D eigenvalue weighted by Gasteiger charge is 2.29. The molecule has 0 fully saturated rings. The maximum Gasteiger partial charge on any atom is 0.347 e. The van der Waals surface area contributed by atoms with Crippen LogP contribution in [0, 0.1) is 11.6 Å². The van der Waals surface area contributed by atoms with E-state index in [9.17, 15) is 13.6 Å². The van der Waals surface area contributed by atoms with Crippen LogP contribution in [0.15, 0.2) is 42.5 Å². The van der Waals surface area contributed by atoms with Crippen LogP contribution in [0.25, 0.3) is 11.1 Å². The lowest BCUT2D eigenvalue weighted by atomic mass is 10.0. The second-order valence-corrected chi connectivity index (χ2v) is 5.07. The third kappa shape index (κ3) is 3.37. The molecule has 21 heavy (non-hydrogen) atoms. The highest BCUT2D eigenvalue weighted by Crippen LogP contribution is 2.27. The van der Waals surface area contributed by atoms with Crippen molar-refractivity contribution < 1.29 is 23.4 Å². The van der Waals surface area contributed by atoms with E-state index in [4.69, 9.17) is 9.84 Å². The molecule has 2 rings (SSSR count). The minimum Gasteiger partial charge on any atom is -0.478 e. The summed E-state index contributed by atoms with van der Waals surface area (Å²) in [6, 6.07) is 9.60. The minimum absolute atomic E-state index is 0.264. The highest BCUT2D eigenvalue weighted by atomic mass is 19.1. The van der Waals surface area contributed by atoms with E-state index >= 15 is 0 Å². The normalized spacial score (nSPS) is 11.2. The zero-order valence-electron chi connectivity index (χ0n) is 11.6. The van der Waals surface area contributed by atoms with Crippen molar-refractivity contribution in [2.45, 2.75) is 19.4 Å². The van der Waals surface area contributed by atoms with E-state index < -0.39 is 23.2 Å². The summed E-state index contributed by atoms with van der Waals surface area (Å²) >= 11 is 0. The van der Waals surface area contributed by atoms with E-state index in [2.05, 4.69) is 0 Å². The Morgan fingerprint density at radius 2 is 1.71 bits per heavy atom. The lowest BCUT2D eigenvalue weighted by Gasteiger charge is -2.21. The van der Waals surface area contributed by atoms with Crippen LogP contribution in [-0.4, -0.2) is 16.7 Å². The summed E-state index contributed by atoms with van der Waals surface area (Å²) < 4.78 is 31.9. The molecule has 5 heteroatoms. The number of ether oxygens (including phenoxy) is 1. The Hall–Kier alpha value is -2.43. The molecule has 0 amide bonds. The Morgan fingerprint density at radius 1 is 1.10 bits per heavy atom. The van der Waals surface area contributed by atoms with Gasteiger partial charge in [0.2, 0.25) is 0 Å². The first-order valence-electron chi connectivity index (χ1n) is 6.27. The first-order valence-corrected chi connectivity index (χ1v) is 6.27. The summed E-state index contributed by atoms with van der Waals surface area (Å²) in [7, 11) is 0. The molecule has 0 saturated heterocycles. The lowest BCUT2D eigenvalue weighted by molar-refractivity contribution is -0.152. The van der Waals surface area contributed by atoms with Crippen molar-refractivity contribution in [3.05, 3.63) is 54.1 Å². The molecule has 0 aliphatic rings. The molecule has 0 aliphatic carbocycles. The standard InChI is InChI=1S/C16H14F2O3/c1-16(2,15(19)20)21-12-6-3-10(4-7-12)13-8-5-11(17)9-14(13)18/h3-9H,1-2H3,(H,19,20). The number of carboxylic acid groups (broad SMARTS) is 1. The zero-order chi connectivity index (χ0) is 15.6. The van der Waals surface area contributed by atoms with Crippen LogP contribution in [0.2, 0.25) is 0 Å². The second-order valence-electron chi connectivity index (χ2n) is 5.07. The van der Waals surface area contributed by atoms with E-state index in [0.29, 0.717) is 11.3 Å². The Labute approximate surface area is 120 Å². The Bertz CT molecular complexity index is 664. The molecule has 0 unspecified atom stereocenters. The van der Waals surface area contributed by atoms with Crippen LogP contribution in [-0.2, 0) is 4.79 Å². The number of carboxylic acids is 1. The molecule has 0 radical (unpaired) electrons. The maximum atomic E-state index is 13.7. The average Bonchev–Trinajstić information content (AvgIpc) is 2.39. The fourth-order valence-corrected chi connectivity index (χ4v) is 1.76. The molecule has 0 saturated carbocycles. The van der Waals surface area contributed by atoms with Gasteiger partial charge in [-0.1, -0.05) is 12.1 Å². The summed E-state index contributed by atoms with van der Waals surface area (Å²) in [5, 5.41) is 8.99. The van der Waals surface area contributed by atoms with Gasteiger partial charge >= 0.3 is 5.97 Å². The fourth-order valence-electron chi connectivity index (χ4n) is 1.76. The zero-order valence-corrected chi connectivity index (χ0v) is 11.6. The lowest BCUT2D eigenvalue weighted by Crippen LogP contribution is -2.37. The number of benzene rings is 2. The third-order valence-corrected chi connectivity index (χ3v) is 2.98. The number of carbonyl (C=O) groups is 1. The first kappa shape index (κ1) is 15.0. The number of hydrogen-bond acceptors (Lipinski definition) is 2. The number of hydrogen-bond donors (Lipinski definition) is 1. The fraction of sp³-hybridized carbons (Fsp3) is 0.188. The summed E-state index contributed by atoms with van der Waals surface area (Å²) in [6.07, 6.45) is 0. The number of rotatable bonds is 4. The van der Waals surface area contributed by atoms with Gasteiger partial charge in [0.05, 0.1) is 0 Å². The summed E-state index contributed by atoms with van der Waals surface area (Å²) in [5.74, 6) is -2.03. The van der Waals surface area contributed by atoms with Gasteiger partial charge in [0, 0.05) is 11.6 Å². The smallest absolute Gasteiger partial charge is 0.347 e. The van der Waals surface area contributed by atoms with Gasteiger partial charge in [0.1, 0.15) is 17.4 Å². The van der Waals surface area contributed by atoms with Crippen molar-refractivity contribution in [3.8, 4) is 16.9 Å². The monoisotopic (exact) mass is 292 g/mol. The Morgan fingerprint density at radius 3 is 2.24 bits per heavy atom. The van der Waals surface area contributed by atoms with E-state index in [0.717, 1.165) is 6.07 Å². The van der Waals surface area contributed by atoms with Crippen molar-refractivity contribution >= 4 is 5.97 Å². The molecule has 0 heterocycles. The van der Waals surface area contributed by atoms with Crippen LogP contribution >= 0.6 is 0 Å². The first-order chi connectivity index (χ1) is 9.79. The van der Waals surface area contributed by atoms with Crippen molar-refractivity contribution in [3.63, 3.8) is 0 Å². The molecule has 110 valence electrons. The predicted molar refractivity (Wildman–Crippen MR) is 74.1 cm³/mol. The second kappa shape index (κ2) is 5.52. The average molecular weight is 292 g/mol. The van der Waals surface area contributed by atoms with Gasteiger partial charge in [0.25, 0.3) is 0 Å². The van der Waals surface area contributed by atoms with Gasteiger partial charge in [-0.3, -0.25) is 0 Å². The molecule has 0 aromatic heterocycles. The van der Waals surface area contributed by atoms with Crippen LogP contribution in [0.4, 0.5) is 8.78 Å². The van der Waals surface area contributed by atoms with Gasteiger partial charge in [-0.2, -0.15) is 0 Å². The molecule has 2 aromatic rings. The van der Waals surface area contributed by atoms with Crippen LogP contribution in [0.5, 0.6) is 5.75 Å². The molecule has 0 bridgehead atoms. The topological polar surface area (TPSA) is 46.5 Å². The Balaban J connectivity index is 2.25. The van der Waals surface area contributed by atoms with Gasteiger partial charge in [-0.05, 0) is 43.7 Å². The van der Waals surface area contributed by atoms with Crippen LogP contribution in [0.3, 0.4) is 0 Å². The quantitative estimate of drug-likeness (QED) is 0.930. The molecule has 1 N–H and O–H groups in total. The molecular weight excluding hydrogens is 278 g/mol. The summed E-state index contributed by atoms with van der Waals surface area (Å²) in [4.78, 5) is 11.0. The van der Waals surface area contributed by atoms with E-state index in [1.165, 1.54) is 26.0 Å². The minimum atomic E-state index is -1.36. The van der Waals surface area contributed by atoms with E-state index in [-0.39, 0.29) is 5.56 Å². The maximum absolute atomic E-state index is 13.7. The highest BCUT2D eigenvalue weighted by molar-refractivity contribution is 5.76. The number of aliphatic carboxylic acids is 1. The van der Waals surface area contributed by atoms with Gasteiger partial charge in [0.15, 0.2) is 5.60 Å². The predicted octanol–water partition coefficient (Wildman–Crippen LogP) is 3.87. The van der Waals surface area contributed by atoms with E-state index in [1.807, 2.05) is 0 Å². The molecule has 2 aromatic carbocycles. The molecule has 0 spiro atoms. The number of halogens is 2. The summed E-state index contributed by atoms with van der Waals surface area (Å²) in [6.45, 7) is 2.87. The Kier molecular flexibility index (Phi) is 3.93. The molecule has 3 nitrogen and oxygen atoms in total. The van der Waals surface area contributed by atoms with Gasteiger partial charge < -0.3 is 9.84 Å². The van der Waals surface area contributed by atoms with Crippen molar-refractivity contribution in [2.24, 2.45) is 0 Å². The third-order valence-electron chi connectivity index (χ3n) is 2.98.